The van der Waals surface area contributed by atoms with Gasteiger partial charge >= 0.3 is 5.97 Å². The van der Waals surface area contributed by atoms with Crippen LogP contribution in [-0.4, -0.2) is 67.1 Å². The first kappa shape index (κ1) is 21.7. The summed E-state index contributed by atoms with van der Waals surface area (Å²) in [4.78, 5) is 11.4. The summed E-state index contributed by atoms with van der Waals surface area (Å²) in [7, 11) is 0. The van der Waals surface area contributed by atoms with Crippen molar-refractivity contribution in [2.75, 3.05) is 46.2 Å². The van der Waals surface area contributed by atoms with E-state index in [2.05, 4.69) is 23.9 Å². The van der Waals surface area contributed by atoms with Gasteiger partial charge in [-0.3, -0.25) is 4.68 Å². The summed E-state index contributed by atoms with van der Waals surface area (Å²) in [5, 5.41) is 13.5. The van der Waals surface area contributed by atoms with Gasteiger partial charge in [0.1, 0.15) is 30.6 Å². The van der Waals surface area contributed by atoms with Crippen LogP contribution >= 0.6 is 0 Å². The zero-order valence-corrected chi connectivity index (χ0v) is 14.6. The van der Waals surface area contributed by atoms with Crippen LogP contribution in [0, 0.1) is 31.6 Å². The second-order valence-electron chi connectivity index (χ2n) is 4.98. The Morgan fingerprint density at radius 1 is 1.15 bits per heavy atom. The first-order valence-corrected chi connectivity index (χ1v) is 7.95. The fourth-order valence-electron chi connectivity index (χ4n) is 1.92. The average Bonchev–Trinajstić information content (AvgIpc) is 3.05. The number of rotatable bonds is 14. The van der Waals surface area contributed by atoms with Gasteiger partial charge in [-0.1, -0.05) is 11.8 Å². The molecular weight excluding hydrogens is 340 g/mol. The Labute approximate surface area is 153 Å². The minimum Gasteiger partial charge on any atom is -0.478 e. The third kappa shape index (κ3) is 8.15. The third-order valence-corrected chi connectivity index (χ3v) is 3.08. The SMILES string of the molecule is C#CCOCCOCCn1cc(C(=O)O)c(C([CH2])OCCOCC#C)n1. The predicted molar refractivity (Wildman–Crippen MR) is 93.4 cm³/mol. The van der Waals surface area contributed by atoms with Gasteiger partial charge in [0, 0.05) is 6.20 Å². The lowest BCUT2D eigenvalue weighted by atomic mass is 10.2. The van der Waals surface area contributed by atoms with Crippen molar-refractivity contribution >= 4 is 5.97 Å². The number of aromatic carboxylic acids is 1. The highest BCUT2D eigenvalue weighted by Crippen LogP contribution is 2.19. The Morgan fingerprint density at radius 2 is 1.77 bits per heavy atom. The van der Waals surface area contributed by atoms with Crippen LogP contribution < -0.4 is 0 Å². The molecule has 26 heavy (non-hydrogen) atoms. The fourth-order valence-corrected chi connectivity index (χ4v) is 1.92. The molecule has 1 N–H and O–H groups in total. The molecule has 1 unspecified atom stereocenters. The minimum absolute atomic E-state index is 0.0342. The van der Waals surface area contributed by atoms with E-state index in [0.717, 1.165) is 0 Å². The van der Waals surface area contributed by atoms with Gasteiger partial charge in [0.15, 0.2) is 0 Å². The molecule has 0 aliphatic carbocycles. The molecule has 8 nitrogen and oxygen atoms in total. The molecule has 0 spiro atoms. The monoisotopic (exact) mass is 363 g/mol. The van der Waals surface area contributed by atoms with Gasteiger partial charge < -0.3 is 24.1 Å². The first-order chi connectivity index (χ1) is 12.6. The Bertz CT molecular complexity index is 629. The fraction of sp³-hybridized carbons (Fsp3) is 0.500. The van der Waals surface area contributed by atoms with Crippen LogP contribution in [0.15, 0.2) is 6.20 Å². The van der Waals surface area contributed by atoms with E-state index >= 15 is 0 Å². The molecule has 1 heterocycles. The van der Waals surface area contributed by atoms with E-state index in [1.807, 2.05) is 0 Å². The van der Waals surface area contributed by atoms with Crippen LogP contribution in [0.4, 0.5) is 0 Å². The molecule has 1 aromatic heterocycles. The van der Waals surface area contributed by atoms with E-state index in [9.17, 15) is 9.90 Å². The molecule has 1 rings (SSSR count). The van der Waals surface area contributed by atoms with Crippen LogP contribution in [0.25, 0.3) is 0 Å². The largest absolute Gasteiger partial charge is 0.478 e. The maximum atomic E-state index is 11.4. The van der Waals surface area contributed by atoms with Crippen molar-refractivity contribution in [2.45, 2.75) is 12.6 Å². The highest BCUT2D eigenvalue weighted by molar-refractivity contribution is 5.88. The maximum absolute atomic E-state index is 11.4. The molecule has 0 aliphatic heterocycles. The summed E-state index contributed by atoms with van der Waals surface area (Å²) in [6, 6.07) is 0. The van der Waals surface area contributed by atoms with Gasteiger partial charge in [-0.15, -0.1) is 12.8 Å². The van der Waals surface area contributed by atoms with E-state index in [4.69, 9.17) is 31.8 Å². The molecule has 0 amide bonds. The van der Waals surface area contributed by atoms with E-state index in [1.54, 1.807) is 0 Å². The Balaban J connectivity index is 2.47. The highest BCUT2D eigenvalue weighted by Gasteiger charge is 2.21. The standard InChI is InChI=1S/C18H23N2O6/c1-4-7-23-10-11-25-9-6-20-14-16(18(21)22)17(19-20)15(3)26-13-12-24-8-5-2/h1-2,14-15H,3,6-13H2,(H,21,22). The van der Waals surface area contributed by atoms with Crippen molar-refractivity contribution in [3.8, 4) is 24.7 Å². The van der Waals surface area contributed by atoms with E-state index in [1.165, 1.54) is 10.9 Å². The summed E-state index contributed by atoms with van der Waals surface area (Å²) in [6.07, 6.45) is 10.8. The van der Waals surface area contributed by atoms with E-state index in [-0.39, 0.29) is 37.7 Å². The predicted octanol–water partition coefficient (Wildman–Crippen LogP) is 0.789. The van der Waals surface area contributed by atoms with E-state index in [0.29, 0.717) is 26.4 Å². The van der Waals surface area contributed by atoms with Crippen molar-refractivity contribution in [1.29, 1.82) is 0 Å². The van der Waals surface area contributed by atoms with Crippen molar-refractivity contribution in [2.24, 2.45) is 0 Å². The van der Waals surface area contributed by atoms with Crippen molar-refractivity contribution in [3.63, 3.8) is 0 Å². The second-order valence-corrected chi connectivity index (χ2v) is 4.98. The highest BCUT2D eigenvalue weighted by atomic mass is 16.5. The van der Waals surface area contributed by atoms with Crippen molar-refractivity contribution < 1.29 is 28.8 Å². The molecule has 1 radical (unpaired) electrons. The van der Waals surface area contributed by atoms with Crippen LogP contribution in [0.3, 0.4) is 0 Å². The Hall–Kier alpha value is -2.36. The number of carboxylic acid groups (broad SMARTS) is 1. The smallest absolute Gasteiger partial charge is 0.339 e. The number of ether oxygens (including phenoxy) is 4. The molecule has 0 bridgehead atoms. The van der Waals surface area contributed by atoms with Crippen LogP contribution in [0.2, 0.25) is 0 Å². The molecule has 0 fully saturated rings. The van der Waals surface area contributed by atoms with Crippen LogP contribution in [0.1, 0.15) is 22.2 Å². The van der Waals surface area contributed by atoms with E-state index < -0.39 is 12.1 Å². The summed E-state index contributed by atoms with van der Waals surface area (Å²) in [5.74, 6) is 3.59. The van der Waals surface area contributed by atoms with Gasteiger partial charge in [-0.2, -0.15) is 5.10 Å². The molecule has 8 heteroatoms. The summed E-state index contributed by atoms with van der Waals surface area (Å²) in [5.41, 5.74) is 0.277. The average molecular weight is 363 g/mol. The summed E-state index contributed by atoms with van der Waals surface area (Å²) >= 11 is 0. The number of terminal acetylenes is 2. The number of carboxylic acids is 1. The van der Waals surface area contributed by atoms with Gasteiger partial charge in [-0.25, -0.2) is 4.79 Å². The number of aromatic nitrogens is 2. The van der Waals surface area contributed by atoms with Gasteiger partial charge in [0.05, 0.1) is 39.6 Å². The molecular formula is C18H23N2O6. The third-order valence-electron chi connectivity index (χ3n) is 3.08. The molecule has 0 saturated heterocycles. The van der Waals surface area contributed by atoms with Gasteiger partial charge in [0.25, 0.3) is 0 Å². The lowest BCUT2D eigenvalue weighted by Crippen LogP contribution is -2.12. The zero-order valence-electron chi connectivity index (χ0n) is 14.6. The second kappa shape index (κ2) is 12.9. The quantitative estimate of drug-likeness (QED) is 0.386. The maximum Gasteiger partial charge on any atom is 0.339 e. The summed E-state index contributed by atoms with van der Waals surface area (Å²) in [6.45, 7) is 6.26. The lowest BCUT2D eigenvalue weighted by Gasteiger charge is -2.11. The number of hydrogen-bond acceptors (Lipinski definition) is 6. The van der Waals surface area contributed by atoms with Crippen LogP contribution in [0.5, 0.6) is 0 Å². The summed E-state index contributed by atoms with van der Waals surface area (Å²) < 4.78 is 22.5. The zero-order chi connectivity index (χ0) is 19.2. The Kier molecular flexibility index (Phi) is 10.8. The van der Waals surface area contributed by atoms with Crippen LogP contribution in [-0.2, 0) is 25.5 Å². The molecule has 0 saturated carbocycles. The molecule has 0 aromatic carbocycles. The Morgan fingerprint density at radius 3 is 2.38 bits per heavy atom. The minimum atomic E-state index is -1.10. The van der Waals surface area contributed by atoms with Crippen molar-refractivity contribution in [1.82, 2.24) is 9.78 Å². The van der Waals surface area contributed by atoms with Gasteiger partial charge in [-0.05, 0) is 6.92 Å². The number of hydrogen-bond donors (Lipinski definition) is 1. The number of nitrogens with zero attached hydrogens (tertiary/aromatic N) is 2. The molecule has 1 atom stereocenters. The topological polar surface area (TPSA) is 92.0 Å². The lowest BCUT2D eigenvalue weighted by molar-refractivity contribution is 0.0274. The first-order valence-electron chi connectivity index (χ1n) is 7.95. The normalized spacial score (nSPS) is 11.7. The molecule has 141 valence electrons. The van der Waals surface area contributed by atoms with Crippen molar-refractivity contribution in [3.05, 3.63) is 24.4 Å². The molecule has 0 aliphatic rings. The number of carbonyl (C=O) groups is 1. The molecule has 1 aromatic rings. The van der Waals surface area contributed by atoms with Gasteiger partial charge in [0.2, 0.25) is 0 Å².